The molecule has 0 bridgehead atoms. The Labute approximate surface area is 124 Å². The monoisotopic (exact) mass is 295 g/mol. The van der Waals surface area contributed by atoms with Crippen LogP contribution >= 0.6 is 0 Å². The number of aromatic nitrogens is 1. The molecule has 1 N–H and O–H groups in total. The number of carboxylic acid groups (broad SMARTS) is 1. The molecule has 1 fully saturated rings. The van der Waals surface area contributed by atoms with Crippen LogP contribution in [0.25, 0.3) is 0 Å². The summed E-state index contributed by atoms with van der Waals surface area (Å²) in [7, 11) is 0. The molecule has 1 aromatic rings. The van der Waals surface area contributed by atoms with Crippen molar-refractivity contribution >= 4 is 5.97 Å². The fourth-order valence-corrected chi connectivity index (χ4v) is 2.83. The summed E-state index contributed by atoms with van der Waals surface area (Å²) < 4.78 is 13.0. The molecule has 0 aromatic carbocycles. The summed E-state index contributed by atoms with van der Waals surface area (Å²) >= 11 is 0. The molecule has 2 rings (SSSR count). The van der Waals surface area contributed by atoms with Crippen molar-refractivity contribution in [3.63, 3.8) is 0 Å². The van der Waals surface area contributed by atoms with Gasteiger partial charge in [-0.15, -0.1) is 0 Å². The van der Waals surface area contributed by atoms with Crippen molar-refractivity contribution in [1.29, 1.82) is 0 Å². The first-order valence-corrected chi connectivity index (χ1v) is 7.35. The maximum Gasteiger partial charge on any atom is 0.320 e. The highest BCUT2D eigenvalue weighted by atomic mass is 19.1. The van der Waals surface area contributed by atoms with E-state index in [2.05, 4.69) is 16.8 Å². The summed E-state index contributed by atoms with van der Waals surface area (Å²) in [6.45, 7) is 6.86. The van der Waals surface area contributed by atoms with Gasteiger partial charge in [0.15, 0.2) is 0 Å². The highest BCUT2D eigenvalue weighted by Crippen LogP contribution is 2.24. The van der Waals surface area contributed by atoms with Crippen LogP contribution in [0, 0.1) is 5.82 Å². The highest BCUT2D eigenvalue weighted by Gasteiger charge is 2.28. The normalized spacial score (nSPS) is 20.1. The SMILES string of the molecule is CCC(c1ccc(F)cn1)N1CCN(C(C)C(=O)O)CC1. The van der Waals surface area contributed by atoms with Gasteiger partial charge in [0.1, 0.15) is 11.9 Å². The van der Waals surface area contributed by atoms with Crippen molar-refractivity contribution in [2.24, 2.45) is 0 Å². The third-order valence-corrected chi connectivity index (χ3v) is 4.17. The Morgan fingerprint density at radius 2 is 1.95 bits per heavy atom. The molecular weight excluding hydrogens is 273 g/mol. The molecule has 1 aromatic heterocycles. The zero-order valence-corrected chi connectivity index (χ0v) is 12.5. The van der Waals surface area contributed by atoms with Crippen molar-refractivity contribution < 1.29 is 14.3 Å². The van der Waals surface area contributed by atoms with Gasteiger partial charge < -0.3 is 5.11 Å². The van der Waals surface area contributed by atoms with Gasteiger partial charge >= 0.3 is 5.97 Å². The quantitative estimate of drug-likeness (QED) is 0.897. The van der Waals surface area contributed by atoms with Crippen LogP contribution in [0.15, 0.2) is 18.3 Å². The van der Waals surface area contributed by atoms with Gasteiger partial charge in [0.25, 0.3) is 0 Å². The first kappa shape index (κ1) is 15.9. The Morgan fingerprint density at radius 1 is 1.33 bits per heavy atom. The fourth-order valence-electron chi connectivity index (χ4n) is 2.83. The number of pyridine rings is 1. The zero-order valence-electron chi connectivity index (χ0n) is 12.5. The number of hydrogen-bond acceptors (Lipinski definition) is 4. The predicted molar refractivity (Wildman–Crippen MR) is 77.5 cm³/mol. The van der Waals surface area contributed by atoms with Crippen LogP contribution in [0.3, 0.4) is 0 Å². The molecule has 6 heteroatoms. The lowest BCUT2D eigenvalue weighted by Crippen LogP contribution is -2.52. The summed E-state index contributed by atoms with van der Waals surface area (Å²) in [4.78, 5) is 19.5. The van der Waals surface area contributed by atoms with Crippen molar-refractivity contribution in [2.45, 2.75) is 32.4 Å². The smallest absolute Gasteiger partial charge is 0.320 e. The van der Waals surface area contributed by atoms with Crippen LogP contribution < -0.4 is 0 Å². The lowest BCUT2D eigenvalue weighted by atomic mass is 10.1. The summed E-state index contributed by atoms with van der Waals surface area (Å²) in [6.07, 6.45) is 2.15. The molecule has 0 radical (unpaired) electrons. The molecule has 0 spiro atoms. The maximum absolute atomic E-state index is 13.0. The van der Waals surface area contributed by atoms with Crippen molar-refractivity contribution in [2.75, 3.05) is 26.2 Å². The van der Waals surface area contributed by atoms with E-state index in [-0.39, 0.29) is 11.9 Å². The summed E-state index contributed by atoms with van der Waals surface area (Å²) in [5.74, 6) is -1.11. The van der Waals surface area contributed by atoms with E-state index in [9.17, 15) is 9.18 Å². The number of aliphatic carboxylic acids is 1. The van der Waals surface area contributed by atoms with Gasteiger partial charge in [0.05, 0.1) is 17.9 Å². The minimum absolute atomic E-state index is 0.160. The summed E-state index contributed by atoms with van der Waals surface area (Å²) in [5, 5.41) is 9.06. The average Bonchev–Trinajstić information content (AvgIpc) is 2.50. The Balaban J connectivity index is 1.99. The van der Waals surface area contributed by atoms with E-state index in [0.29, 0.717) is 0 Å². The van der Waals surface area contributed by atoms with E-state index in [0.717, 1.165) is 38.3 Å². The molecule has 116 valence electrons. The van der Waals surface area contributed by atoms with Crippen LogP contribution in [-0.2, 0) is 4.79 Å². The van der Waals surface area contributed by atoms with Gasteiger partial charge in [-0.3, -0.25) is 19.6 Å². The number of halogens is 1. The van der Waals surface area contributed by atoms with E-state index < -0.39 is 12.0 Å². The number of piperazine rings is 1. The first-order chi connectivity index (χ1) is 10.0. The average molecular weight is 295 g/mol. The second-order valence-corrected chi connectivity index (χ2v) is 5.41. The molecule has 2 unspecified atom stereocenters. The first-order valence-electron chi connectivity index (χ1n) is 7.35. The Hall–Kier alpha value is -1.53. The van der Waals surface area contributed by atoms with Gasteiger partial charge in [0.2, 0.25) is 0 Å². The molecule has 1 aliphatic heterocycles. The Kier molecular flexibility index (Phi) is 5.25. The van der Waals surface area contributed by atoms with Crippen molar-refractivity contribution in [3.8, 4) is 0 Å². The van der Waals surface area contributed by atoms with E-state index in [4.69, 9.17) is 5.11 Å². The molecule has 0 amide bonds. The Bertz CT molecular complexity index is 472. The number of carbonyl (C=O) groups is 1. The lowest BCUT2D eigenvalue weighted by Gasteiger charge is -2.40. The molecule has 2 atom stereocenters. The van der Waals surface area contributed by atoms with E-state index in [1.54, 1.807) is 13.0 Å². The van der Waals surface area contributed by atoms with Crippen molar-refractivity contribution in [1.82, 2.24) is 14.8 Å². The lowest BCUT2D eigenvalue weighted by molar-refractivity contribution is -0.143. The van der Waals surface area contributed by atoms with Gasteiger partial charge in [-0.1, -0.05) is 6.92 Å². The zero-order chi connectivity index (χ0) is 15.4. The van der Waals surface area contributed by atoms with Gasteiger partial charge in [0, 0.05) is 26.2 Å². The fraction of sp³-hybridized carbons (Fsp3) is 0.600. The minimum atomic E-state index is -0.782. The maximum atomic E-state index is 13.0. The standard InChI is InChI=1S/C15H22FN3O2/c1-3-14(13-5-4-12(16)10-17-13)19-8-6-18(7-9-19)11(2)15(20)21/h4-5,10-11,14H,3,6-9H2,1-2H3,(H,20,21). The third kappa shape index (κ3) is 3.77. The molecule has 5 nitrogen and oxygen atoms in total. The second kappa shape index (κ2) is 6.95. The molecule has 0 aliphatic carbocycles. The van der Waals surface area contributed by atoms with E-state index in [1.807, 2.05) is 4.90 Å². The van der Waals surface area contributed by atoms with E-state index in [1.165, 1.54) is 12.3 Å². The van der Waals surface area contributed by atoms with Crippen LogP contribution in [-0.4, -0.2) is 58.1 Å². The third-order valence-electron chi connectivity index (χ3n) is 4.17. The number of nitrogens with zero attached hydrogens (tertiary/aromatic N) is 3. The van der Waals surface area contributed by atoms with Crippen LogP contribution in [0.1, 0.15) is 32.0 Å². The number of hydrogen-bond donors (Lipinski definition) is 1. The molecule has 1 aliphatic rings. The topological polar surface area (TPSA) is 56.7 Å². The van der Waals surface area contributed by atoms with Crippen LogP contribution in [0.4, 0.5) is 4.39 Å². The number of rotatable bonds is 5. The molecular formula is C15H22FN3O2. The Morgan fingerprint density at radius 3 is 2.43 bits per heavy atom. The summed E-state index contributed by atoms with van der Waals surface area (Å²) in [5.41, 5.74) is 0.874. The van der Waals surface area contributed by atoms with Crippen LogP contribution in [0.5, 0.6) is 0 Å². The van der Waals surface area contributed by atoms with Crippen LogP contribution in [0.2, 0.25) is 0 Å². The predicted octanol–water partition coefficient (Wildman–Crippen LogP) is 1.76. The molecule has 21 heavy (non-hydrogen) atoms. The summed E-state index contributed by atoms with van der Waals surface area (Å²) in [6, 6.07) is 2.88. The number of carboxylic acids is 1. The molecule has 1 saturated heterocycles. The molecule has 2 heterocycles. The second-order valence-electron chi connectivity index (χ2n) is 5.41. The van der Waals surface area contributed by atoms with Gasteiger partial charge in [-0.05, 0) is 25.5 Å². The van der Waals surface area contributed by atoms with Gasteiger partial charge in [-0.2, -0.15) is 0 Å². The minimum Gasteiger partial charge on any atom is -0.480 e. The van der Waals surface area contributed by atoms with Crippen molar-refractivity contribution in [3.05, 3.63) is 29.8 Å². The van der Waals surface area contributed by atoms with Gasteiger partial charge in [-0.25, -0.2) is 4.39 Å². The molecule has 0 saturated carbocycles. The van der Waals surface area contributed by atoms with E-state index >= 15 is 0 Å². The highest BCUT2D eigenvalue weighted by molar-refractivity contribution is 5.72. The largest absolute Gasteiger partial charge is 0.480 e.